The molecule has 0 aromatic heterocycles. The van der Waals surface area contributed by atoms with Gasteiger partial charge in [-0.25, -0.2) is 0 Å². The first kappa shape index (κ1) is 8.96. The van der Waals surface area contributed by atoms with Gasteiger partial charge in [0.15, 0.2) is 0 Å². The molecule has 0 heteroatoms. The molecule has 0 unspecified atom stereocenters. The molecule has 0 aliphatic heterocycles. The molecule has 1 aromatic rings. The summed E-state index contributed by atoms with van der Waals surface area (Å²) in [6.07, 6.45) is 9.89. The van der Waals surface area contributed by atoms with E-state index in [1.165, 1.54) is 36.8 Å². The summed E-state index contributed by atoms with van der Waals surface area (Å²) in [5, 5.41) is 0. The van der Waals surface area contributed by atoms with Crippen LogP contribution in [0.3, 0.4) is 0 Å². The Morgan fingerprint density at radius 3 is 2.53 bits per heavy atom. The predicted molar refractivity (Wildman–Crippen MR) is 64.2 cm³/mol. The van der Waals surface area contributed by atoms with Gasteiger partial charge in [-0.15, -0.1) is 0 Å². The van der Waals surface area contributed by atoms with Crippen LogP contribution in [0.4, 0.5) is 0 Å². The van der Waals surface area contributed by atoms with E-state index >= 15 is 0 Å². The Bertz CT molecular complexity index is 421. The van der Waals surface area contributed by atoms with Gasteiger partial charge in [-0.05, 0) is 42.4 Å². The highest BCUT2D eigenvalue weighted by atomic mass is 14.3. The van der Waals surface area contributed by atoms with Gasteiger partial charge in [0, 0.05) is 6.42 Å². The summed E-state index contributed by atoms with van der Waals surface area (Å²) in [5.41, 5.74) is 6.03. The van der Waals surface area contributed by atoms with E-state index in [2.05, 4.69) is 42.8 Å². The molecule has 0 bridgehead atoms. The van der Waals surface area contributed by atoms with Crippen LogP contribution in [0.2, 0.25) is 0 Å². The van der Waals surface area contributed by atoms with Crippen LogP contribution in [0, 0.1) is 6.42 Å². The Hall–Kier alpha value is -1.30. The van der Waals surface area contributed by atoms with Crippen LogP contribution in [0.5, 0.6) is 0 Å². The Balaban J connectivity index is 1.99. The van der Waals surface area contributed by atoms with E-state index in [0.29, 0.717) is 0 Å². The van der Waals surface area contributed by atoms with Crippen molar-refractivity contribution in [2.45, 2.75) is 25.7 Å². The third kappa shape index (κ3) is 1.54. The highest BCUT2D eigenvalue weighted by molar-refractivity contribution is 5.85. The highest BCUT2D eigenvalue weighted by Gasteiger charge is 2.21. The zero-order valence-corrected chi connectivity index (χ0v) is 8.87. The molecule has 1 radical (unpaired) electrons. The van der Waals surface area contributed by atoms with Crippen molar-refractivity contribution < 1.29 is 0 Å². The van der Waals surface area contributed by atoms with Gasteiger partial charge in [0.05, 0.1) is 0 Å². The number of hydrogen-bond acceptors (Lipinski definition) is 0. The molecule has 0 fully saturated rings. The molecule has 75 valence electrons. The first-order valence-electron chi connectivity index (χ1n) is 5.78. The summed E-state index contributed by atoms with van der Waals surface area (Å²) in [6, 6.07) is 10.8. The van der Waals surface area contributed by atoms with Gasteiger partial charge in [0.25, 0.3) is 0 Å². The summed E-state index contributed by atoms with van der Waals surface area (Å²) in [6.45, 7) is 0. The largest absolute Gasteiger partial charge is 0.0683 e. The quantitative estimate of drug-likeness (QED) is 0.631. The first-order valence-corrected chi connectivity index (χ1v) is 5.78. The maximum atomic E-state index is 2.32. The molecule has 0 spiro atoms. The molecule has 3 rings (SSSR count). The average Bonchev–Trinajstić information content (AvgIpc) is 2.74. The lowest BCUT2D eigenvalue weighted by atomic mass is 9.88. The monoisotopic (exact) mass is 195 g/mol. The third-order valence-corrected chi connectivity index (χ3v) is 3.37. The minimum absolute atomic E-state index is 1.27. The molecule has 0 N–H and O–H groups in total. The number of allylic oxidation sites excluding steroid dienone is 4. The second-order valence-electron chi connectivity index (χ2n) is 4.32. The fourth-order valence-electron chi connectivity index (χ4n) is 2.59. The molecule has 1 aromatic carbocycles. The van der Waals surface area contributed by atoms with Crippen molar-refractivity contribution in [1.82, 2.24) is 0 Å². The molecular formula is C15H15. The number of benzene rings is 1. The van der Waals surface area contributed by atoms with Gasteiger partial charge in [-0.2, -0.15) is 0 Å². The molecule has 2 aliphatic carbocycles. The van der Waals surface area contributed by atoms with E-state index in [1.54, 1.807) is 11.1 Å². The SMILES string of the molecule is [CH]1C=C(c2ccccc2)C2=C1CCCC2. The molecule has 15 heavy (non-hydrogen) atoms. The maximum absolute atomic E-state index is 2.32. The summed E-state index contributed by atoms with van der Waals surface area (Å²) in [7, 11) is 0. The standard InChI is InChI=1S/C15H15/c1-2-6-12(7-3-1)15-11-10-13-8-4-5-9-14(13)15/h1-3,6-7,10-11H,4-5,8-9H2. The van der Waals surface area contributed by atoms with Gasteiger partial charge < -0.3 is 0 Å². The summed E-state index contributed by atoms with van der Waals surface area (Å²) in [5.74, 6) is 0. The molecular weight excluding hydrogens is 180 g/mol. The van der Waals surface area contributed by atoms with E-state index in [4.69, 9.17) is 0 Å². The number of rotatable bonds is 1. The average molecular weight is 195 g/mol. The van der Waals surface area contributed by atoms with Crippen molar-refractivity contribution in [2.24, 2.45) is 0 Å². The van der Waals surface area contributed by atoms with Gasteiger partial charge >= 0.3 is 0 Å². The third-order valence-electron chi connectivity index (χ3n) is 3.37. The van der Waals surface area contributed by atoms with Crippen molar-refractivity contribution in [2.75, 3.05) is 0 Å². The second-order valence-corrected chi connectivity index (χ2v) is 4.32. The minimum atomic E-state index is 1.27. The molecule has 0 nitrogen and oxygen atoms in total. The van der Waals surface area contributed by atoms with Crippen molar-refractivity contribution in [1.29, 1.82) is 0 Å². The van der Waals surface area contributed by atoms with Crippen molar-refractivity contribution in [3.63, 3.8) is 0 Å². The van der Waals surface area contributed by atoms with Crippen molar-refractivity contribution >= 4 is 5.57 Å². The van der Waals surface area contributed by atoms with Gasteiger partial charge in [-0.1, -0.05) is 42.0 Å². The Kier molecular flexibility index (Phi) is 2.21. The lowest BCUT2D eigenvalue weighted by Gasteiger charge is -2.16. The van der Waals surface area contributed by atoms with E-state index in [9.17, 15) is 0 Å². The summed E-state index contributed by atoms with van der Waals surface area (Å²) < 4.78 is 0. The fourth-order valence-corrected chi connectivity index (χ4v) is 2.59. The van der Waals surface area contributed by atoms with Crippen LogP contribution >= 0.6 is 0 Å². The first-order chi connectivity index (χ1) is 7.45. The smallest absolute Gasteiger partial charge is 0.00929 e. The number of hydrogen-bond donors (Lipinski definition) is 0. The van der Waals surface area contributed by atoms with Crippen LogP contribution < -0.4 is 0 Å². The molecule has 0 amide bonds. The lowest BCUT2D eigenvalue weighted by Crippen LogP contribution is -1.97. The topological polar surface area (TPSA) is 0 Å². The predicted octanol–water partition coefficient (Wildman–Crippen LogP) is 4.16. The summed E-state index contributed by atoms with van der Waals surface area (Å²) in [4.78, 5) is 0. The highest BCUT2D eigenvalue weighted by Crippen LogP contribution is 2.40. The van der Waals surface area contributed by atoms with Crippen LogP contribution in [0.1, 0.15) is 31.2 Å². The van der Waals surface area contributed by atoms with E-state index in [0.717, 1.165) is 0 Å². The van der Waals surface area contributed by atoms with Crippen molar-refractivity contribution in [3.05, 3.63) is 59.5 Å². The minimum Gasteiger partial charge on any atom is -0.0683 e. The fraction of sp³-hybridized carbons (Fsp3) is 0.267. The second kappa shape index (κ2) is 3.69. The van der Waals surface area contributed by atoms with E-state index in [1.807, 2.05) is 0 Å². The van der Waals surface area contributed by atoms with Crippen LogP contribution in [-0.4, -0.2) is 0 Å². The molecule has 0 saturated carbocycles. The van der Waals surface area contributed by atoms with E-state index < -0.39 is 0 Å². The van der Waals surface area contributed by atoms with Gasteiger partial charge in [0.1, 0.15) is 0 Å². The lowest BCUT2D eigenvalue weighted by molar-refractivity contribution is 0.695. The molecule has 0 atom stereocenters. The molecule has 2 aliphatic rings. The van der Waals surface area contributed by atoms with Gasteiger partial charge in [0.2, 0.25) is 0 Å². The van der Waals surface area contributed by atoms with E-state index in [-0.39, 0.29) is 0 Å². The van der Waals surface area contributed by atoms with Gasteiger partial charge in [-0.3, -0.25) is 0 Å². The summed E-state index contributed by atoms with van der Waals surface area (Å²) >= 11 is 0. The van der Waals surface area contributed by atoms with Crippen LogP contribution in [-0.2, 0) is 0 Å². The zero-order valence-electron chi connectivity index (χ0n) is 8.87. The Morgan fingerprint density at radius 1 is 0.867 bits per heavy atom. The van der Waals surface area contributed by atoms with Crippen molar-refractivity contribution in [3.8, 4) is 0 Å². The maximum Gasteiger partial charge on any atom is 0.00929 e. The van der Waals surface area contributed by atoms with Crippen LogP contribution in [0.25, 0.3) is 5.57 Å². The Morgan fingerprint density at radius 2 is 1.67 bits per heavy atom. The van der Waals surface area contributed by atoms with Crippen LogP contribution in [0.15, 0.2) is 47.6 Å². The Labute approximate surface area is 91.3 Å². The molecule has 0 saturated heterocycles. The normalized spacial score (nSPS) is 20.1. The zero-order chi connectivity index (χ0) is 10.1. The molecule has 0 heterocycles.